The van der Waals surface area contributed by atoms with Crippen LogP contribution in [0, 0.1) is 0 Å². The van der Waals surface area contributed by atoms with Gasteiger partial charge in [0.25, 0.3) is 0 Å². The topological polar surface area (TPSA) is 47.7 Å². The highest BCUT2D eigenvalue weighted by atomic mass is 15.0. The van der Waals surface area contributed by atoms with Gasteiger partial charge in [0.15, 0.2) is 0 Å². The Kier molecular flexibility index (Phi) is 4.10. The first kappa shape index (κ1) is 16.3. The second-order valence-corrected chi connectivity index (χ2v) is 6.64. The molecular formula is C23H19N5. The molecule has 0 bridgehead atoms. The van der Waals surface area contributed by atoms with Crippen molar-refractivity contribution in [3.63, 3.8) is 0 Å². The van der Waals surface area contributed by atoms with Gasteiger partial charge in [0.2, 0.25) is 0 Å². The SMILES string of the molecule is c1cc(CNc2ccc(-n3ccnc3)cc2)cc(-n2cnc3ccccc32)c1. The molecule has 0 amide bonds. The maximum Gasteiger partial charge on any atom is 0.100 e. The fourth-order valence-electron chi connectivity index (χ4n) is 3.35. The van der Waals surface area contributed by atoms with Crippen LogP contribution in [0.1, 0.15) is 5.56 Å². The third-order valence-electron chi connectivity index (χ3n) is 4.81. The Balaban J connectivity index is 1.33. The van der Waals surface area contributed by atoms with Crippen molar-refractivity contribution in [2.24, 2.45) is 0 Å². The molecule has 0 saturated carbocycles. The smallest absolute Gasteiger partial charge is 0.100 e. The summed E-state index contributed by atoms with van der Waals surface area (Å²) in [7, 11) is 0. The van der Waals surface area contributed by atoms with Crippen LogP contribution in [-0.2, 0) is 6.54 Å². The first-order valence-corrected chi connectivity index (χ1v) is 9.20. The monoisotopic (exact) mass is 365 g/mol. The second-order valence-electron chi connectivity index (χ2n) is 6.64. The molecule has 0 radical (unpaired) electrons. The molecule has 2 aromatic heterocycles. The predicted octanol–water partition coefficient (Wildman–Crippen LogP) is 4.82. The van der Waals surface area contributed by atoms with Crippen molar-refractivity contribution in [1.29, 1.82) is 0 Å². The molecule has 0 saturated heterocycles. The van der Waals surface area contributed by atoms with Gasteiger partial charge in [-0.1, -0.05) is 24.3 Å². The van der Waals surface area contributed by atoms with Crippen LogP contribution in [-0.4, -0.2) is 19.1 Å². The minimum atomic E-state index is 0.755. The van der Waals surface area contributed by atoms with Crippen molar-refractivity contribution in [2.75, 3.05) is 5.32 Å². The molecule has 0 aliphatic rings. The van der Waals surface area contributed by atoms with E-state index in [-0.39, 0.29) is 0 Å². The molecule has 1 N–H and O–H groups in total. The molecule has 5 rings (SSSR count). The fraction of sp³-hybridized carbons (Fsp3) is 0.0435. The van der Waals surface area contributed by atoms with Gasteiger partial charge >= 0.3 is 0 Å². The summed E-state index contributed by atoms with van der Waals surface area (Å²) in [4.78, 5) is 8.57. The first-order chi connectivity index (χ1) is 13.9. The number of hydrogen-bond donors (Lipinski definition) is 1. The number of benzene rings is 3. The standard InChI is InChI=1S/C23H19N5/c1-2-7-23-22(6-1)26-17-28(23)21-5-3-4-18(14-21)15-25-19-8-10-20(11-9-19)27-13-12-24-16-27/h1-14,16-17,25H,15H2. The van der Waals surface area contributed by atoms with Crippen LogP contribution in [0.15, 0.2) is 97.8 Å². The van der Waals surface area contributed by atoms with Gasteiger partial charge in [-0.05, 0) is 54.1 Å². The van der Waals surface area contributed by atoms with E-state index in [1.807, 2.05) is 35.3 Å². The Hall–Kier alpha value is -3.86. The van der Waals surface area contributed by atoms with E-state index in [4.69, 9.17) is 0 Å². The summed E-state index contributed by atoms with van der Waals surface area (Å²) >= 11 is 0. The maximum absolute atomic E-state index is 4.49. The van der Waals surface area contributed by atoms with E-state index in [2.05, 4.69) is 74.4 Å². The zero-order valence-corrected chi connectivity index (χ0v) is 15.2. The minimum absolute atomic E-state index is 0.755. The number of aromatic nitrogens is 4. The number of nitrogens with zero attached hydrogens (tertiary/aromatic N) is 4. The summed E-state index contributed by atoms with van der Waals surface area (Å²) in [6.07, 6.45) is 7.40. The van der Waals surface area contributed by atoms with Gasteiger partial charge in [-0.25, -0.2) is 9.97 Å². The number of rotatable bonds is 5. The lowest BCUT2D eigenvalue weighted by Crippen LogP contribution is -2.01. The molecule has 0 spiro atoms. The van der Waals surface area contributed by atoms with Crippen molar-refractivity contribution < 1.29 is 0 Å². The third kappa shape index (κ3) is 3.14. The van der Waals surface area contributed by atoms with Crippen molar-refractivity contribution in [2.45, 2.75) is 6.54 Å². The van der Waals surface area contributed by atoms with Crippen LogP contribution in [0.3, 0.4) is 0 Å². The largest absolute Gasteiger partial charge is 0.381 e. The molecule has 5 heteroatoms. The Morgan fingerprint density at radius 2 is 1.71 bits per heavy atom. The average molecular weight is 365 g/mol. The Labute approximate surface area is 162 Å². The molecule has 0 aliphatic heterocycles. The quantitative estimate of drug-likeness (QED) is 0.486. The van der Waals surface area contributed by atoms with E-state index in [1.165, 1.54) is 5.56 Å². The van der Waals surface area contributed by atoms with Crippen molar-refractivity contribution in [3.8, 4) is 11.4 Å². The van der Waals surface area contributed by atoms with Crippen LogP contribution < -0.4 is 5.32 Å². The van der Waals surface area contributed by atoms with E-state index >= 15 is 0 Å². The van der Waals surface area contributed by atoms with E-state index in [1.54, 1.807) is 12.5 Å². The molecule has 136 valence electrons. The molecule has 5 nitrogen and oxygen atoms in total. The summed E-state index contributed by atoms with van der Waals surface area (Å²) < 4.78 is 4.11. The van der Waals surface area contributed by atoms with Gasteiger partial charge in [-0.15, -0.1) is 0 Å². The van der Waals surface area contributed by atoms with Crippen molar-refractivity contribution in [1.82, 2.24) is 19.1 Å². The van der Waals surface area contributed by atoms with Gasteiger partial charge in [-0.3, -0.25) is 4.57 Å². The van der Waals surface area contributed by atoms with E-state index in [0.29, 0.717) is 0 Å². The van der Waals surface area contributed by atoms with Crippen LogP contribution in [0.4, 0.5) is 5.69 Å². The highest BCUT2D eigenvalue weighted by molar-refractivity contribution is 5.77. The molecule has 0 fully saturated rings. The number of imidazole rings is 2. The van der Waals surface area contributed by atoms with Gasteiger partial charge in [0, 0.05) is 36.0 Å². The van der Waals surface area contributed by atoms with Crippen LogP contribution in [0.25, 0.3) is 22.4 Å². The Morgan fingerprint density at radius 3 is 2.57 bits per heavy atom. The average Bonchev–Trinajstić information content (AvgIpc) is 3.43. The van der Waals surface area contributed by atoms with Gasteiger partial charge in [0.1, 0.15) is 6.33 Å². The number of anilines is 1. The second kappa shape index (κ2) is 7.04. The van der Waals surface area contributed by atoms with E-state index in [9.17, 15) is 0 Å². The van der Waals surface area contributed by atoms with Crippen LogP contribution in [0.2, 0.25) is 0 Å². The molecule has 28 heavy (non-hydrogen) atoms. The van der Waals surface area contributed by atoms with Crippen molar-refractivity contribution in [3.05, 3.63) is 103 Å². The molecular weight excluding hydrogens is 346 g/mol. The predicted molar refractivity (Wildman–Crippen MR) is 112 cm³/mol. The molecule has 0 unspecified atom stereocenters. The van der Waals surface area contributed by atoms with Gasteiger partial charge in [0.05, 0.1) is 17.4 Å². The van der Waals surface area contributed by atoms with Crippen LogP contribution >= 0.6 is 0 Å². The highest BCUT2D eigenvalue weighted by Gasteiger charge is 2.05. The Morgan fingerprint density at radius 1 is 0.821 bits per heavy atom. The molecule has 0 aliphatic carbocycles. The maximum atomic E-state index is 4.49. The molecule has 0 atom stereocenters. The lowest BCUT2D eigenvalue weighted by Gasteiger charge is -2.10. The van der Waals surface area contributed by atoms with Crippen LogP contribution in [0.5, 0.6) is 0 Å². The highest BCUT2D eigenvalue weighted by Crippen LogP contribution is 2.20. The summed E-state index contributed by atoms with van der Waals surface area (Å²) in [5.74, 6) is 0. The van der Waals surface area contributed by atoms with Gasteiger partial charge < -0.3 is 9.88 Å². The molecule has 3 aromatic carbocycles. The zero-order valence-electron chi connectivity index (χ0n) is 15.2. The third-order valence-corrected chi connectivity index (χ3v) is 4.81. The lowest BCUT2D eigenvalue weighted by atomic mass is 10.2. The van der Waals surface area contributed by atoms with E-state index in [0.717, 1.165) is 34.6 Å². The summed E-state index contributed by atoms with van der Waals surface area (Å²) in [5.41, 5.74) is 6.63. The van der Waals surface area contributed by atoms with Gasteiger partial charge in [-0.2, -0.15) is 0 Å². The number of nitrogens with one attached hydrogen (secondary N) is 1. The Bertz CT molecular complexity index is 1200. The normalized spacial score (nSPS) is 11.0. The first-order valence-electron chi connectivity index (χ1n) is 9.20. The summed E-state index contributed by atoms with van der Waals surface area (Å²) in [6, 6.07) is 25.0. The fourth-order valence-corrected chi connectivity index (χ4v) is 3.35. The zero-order chi connectivity index (χ0) is 18.8. The number of hydrogen-bond acceptors (Lipinski definition) is 3. The van der Waals surface area contributed by atoms with Crippen molar-refractivity contribution >= 4 is 16.7 Å². The molecule has 5 aromatic rings. The molecule has 2 heterocycles. The number of para-hydroxylation sites is 2. The summed E-state index contributed by atoms with van der Waals surface area (Å²) in [6.45, 7) is 0.755. The summed E-state index contributed by atoms with van der Waals surface area (Å²) in [5, 5.41) is 3.49. The van der Waals surface area contributed by atoms with E-state index < -0.39 is 0 Å². The number of fused-ring (bicyclic) bond motifs is 1. The lowest BCUT2D eigenvalue weighted by molar-refractivity contribution is 1.05. The minimum Gasteiger partial charge on any atom is -0.381 e.